The summed E-state index contributed by atoms with van der Waals surface area (Å²) in [4.78, 5) is 11.9. The van der Waals surface area contributed by atoms with Crippen LogP contribution in [0.5, 0.6) is 5.75 Å². The van der Waals surface area contributed by atoms with E-state index in [1.54, 1.807) is 12.1 Å². The second kappa shape index (κ2) is 10.3. The SMILES string of the molecule is O=C(OCCC#CC1CC[C@@H](COc2ccc(F)cc2)O1)C1CCOCC1. The first-order valence-electron chi connectivity index (χ1n) is 9.47. The predicted octanol–water partition coefficient (Wildman–Crippen LogP) is 3.12. The van der Waals surface area contributed by atoms with Crippen LogP contribution in [-0.4, -0.2) is 44.6 Å². The Labute approximate surface area is 159 Å². The zero-order valence-electron chi connectivity index (χ0n) is 15.3. The Kier molecular flexibility index (Phi) is 7.49. The van der Waals surface area contributed by atoms with Crippen LogP contribution in [0, 0.1) is 23.6 Å². The molecule has 0 N–H and O–H groups in total. The van der Waals surface area contributed by atoms with Gasteiger partial charge in [-0.05, 0) is 49.9 Å². The van der Waals surface area contributed by atoms with E-state index in [9.17, 15) is 9.18 Å². The lowest BCUT2D eigenvalue weighted by atomic mass is 10.0. The molecular weight excluding hydrogens is 351 g/mol. The lowest BCUT2D eigenvalue weighted by Crippen LogP contribution is -2.25. The van der Waals surface area contributed by atoms with Crippen molar-refractivity contribution in [3.8, 4) is 17.6 Å². The molecule has 1 unspecified atom stereocenters. The van der Waals surface area contributed by atoms with Gasteiger partial charge in [0.1, 0.15) is 30.9 Å². The molecule has 6 heteroatoms. The molecule has 0 radical (unpaired) electrons. The molecule has 1 aromatic rings. The molecule has 2 heterocycles. The summed E-state index contributed by atoms with van der Waals surface area (Å²) in [5.41, 5.74) is 0. The average molecular weight is 376 g/mol. The van der Waals surface area contributed by atoms with Crippen LogP contribution in [0.1, 0.15) is 32.1 Å². The van der Waals surface area contributed by atoms with Gasteiger partial charge in [0.2, 0.25) is 0 Å². The van der Waals surface area contributed by atoms with E-state index >= 15 is 0 Å². The molecule has 5 nitrogen and oxygen atoms in total. The smallest absolute Gasteiger partial charge is 0.309 e. The maximum Gasteiger partial charge on any atom is 0.309 e. The monoisotopic (exact) mass is 376 g/mol. The van der Waals surface area contributed by atoms with Crippen molar-refractivity contribution in [2.24, 2.45) is 5.92 Å². The fourth-order valence-electron chi connectivity index (χ4n) is 3.09. The third-order valence-corrected chi connectivity index (χ3v) is 4.65. The molecule has 2 aliphatic rings. The number of halogens is 1. The highest BCUT2D eigenvalue weighted by Crippen LogP contribution is 2.21. The Balaban J connectivity index is 1.29. The van der Waals surface area contributed by atoms with Gasteiger partial charge >= 0.3 is 5.97 Å². The highest BCUT2D eigenvalue weighted by atomic mass is 19.1. The standard InChI is InChI=1S/C21H25FO5/c22-17-4-6-18(7-5-17)26-15-20-9-8-19(27-20)3-1-2-12-25-21(23)16-10-13-24-14-11-16/h4-7,16,19-20H,2,8-15H2/t19?,20-/m0/s1. The molecule has 2 saturated heterocycles. The van der Waals surface area contributed by atoms with Crippen LogP contribution < -0.4 is 4.74 Å². The number of ether oxygens (including phenoxy) is 4. The molecule has 2 atom stereocenters. The van der Waals surface area contributed by atoms with E-state index in [4.69, 9.17) is 18.9 Å². The first kappa shape index (κ1) is 19.7. The number of carbonyl (C=O) groups is 1. The maximum absolute atomic E-state index is 12.9. The van der Waals surface area contributed by atoms with Crippen LogP contribution in [0.2, 0.25) is 0 Å². The van der Waals surface area contributed by atoms with Crippen LogP contribution in [0.15, 0.2) is 24.3 Å². The normalized spacial score (nSPS) is 22.7. The molecule has 0 aromatic heterocycles. The maximum atomic E-state index is 12.9. The van der Waals surface area contributed by atoms with Gasteiger partial charge in [-0.1, -0.05) is 11.8 Å². The third-order valence-electron chi connectivity index (χ3n) is 4.65. The molecule has 0 amide bonds. The van der Waals surface area contributed by atoms with Crippen molar-refractivity contribution in [2.45, 2.75) is 44.3 Å². The predicted molar refractivity (Wildman–Crippen MR) is 96.7 cm³/mol. The second-order valence-electron chi connectivity index (χ2n) is 6.71. The lowest BCUT2D eigenvalue weighted by molar-refractivity contribution is -0.151. The molecule has 146 valence electrons. The lowest BCUT2D eigenvalue weighted by Gasteiger charge is -2.20. The van der Waals surface area contributed by atoms with Gasteiger partial charge in [0.25, 0.3) is 0 Å². The molecule has 3 rings (SSSR count). The van der Waals surface area contributed by atoms with E-state index in [-0.39, 0.29) is 29.9 Å². The highest BCUT2D eigenvalue weighted by molar-refractivity contribution is 5.72. The van der Waals surface area contributed by atoms with Gasteiger partial charge in [-0.25, -0.2) is 4.39 Å². The minimum absolute atomic E-state index is 0.0132. The van der Waals surface area contributed by atoms with Crippen molar-refractivity contribution in [1.29, 1.82) is 0 Å². The number of hydrogen-bond acceptors (Lipinski definition) is 5. The molecule has 2 fully saturated rings. The average Bonchev–Trinajstić information content (AvgIpc) is 3.15. The van der Waals surface area contributed by atoms with Crippen molar-refractivity contribution >= 4 is 5.97 Å². The van der Waals surface area contributed by atoms with Crippen LogP contribution in [0.25, 0.3) is 0 Å². The molecule has 27 heavy (non-hydrogen) atoms. The van der Waals surface area contributed by atoms with E-state index in [0.717, 1.165) is 25.7 Å². The van der Waals surface area contributed by atoms with Gasteiger partial charge in [0.05, 0.1) is 12.0 Å². The summed E-state index contributed by atoms with van der Waals surface area (Å²) < 4.78 is 34.8. The van der Waals surface area contributed by atoms with Crippen molar-refractivity contribution in [3.63, 3.8) is 0 Å². The molecule has 0 aliphatic carbocycles. The minimum Gasteiger partial charge on any atom is -0.491 e. The van der Waals surface area contributed by atoms with E-state index in [2.05, 4.69) is 11.8 Å². The molecule has 1 aromatic carbocycles. The van der Waals surface area contributed by atoms with E-state index < -0.39 is 0 Å². The second-order valence-corrected chi connectivity index (χ2v) is 6.71. The van der Waals surface area contributed by atoms with Crippen LogP contribution in [-0.2, 0) is 19.0 Å². The third kappa shape index (κ3) is 6.53. The number of hydrogen-bond donors (Lipinski definition) is 0. The minimum atomic E-state index is -0.284. The Morgan fingerprint density at radius 2 is 1.93 bits per heavy atom. The zero-order chi connectivity index (χ0) is 18.9. The number of benzene rings is 1. The number of rotatable bonds is 6. The summed E-state index contributed by atoms with van der Waals surface area (Å²) in [6.07, 6.45) is 3.58. The topological polar surface area (TPSA) is 54.0 Å². The molecule has 0 saturated carbocycles. The van der Waals surface area contributed by atoms with Gasteiger partial charge in [-0.3, -0.25) is 4.79 Å². The summed E-state index contributed by atoms with van der Waals surface area (Å²) >= 11 is 0. The Bertz CT molecular complexity index is 657. The van der Waals surface area contributed by atoms with Gasteiger partial charge in [0.15, 0.2) is 0 Å². The highest BCUT2D eigenvalue weighted by Gasteiger charge is 2.24. The summed E-state index contributed by atoms with van der Waals surface area (Å²) in [5.74, 6) is 6.27. The number of esters is 1. The Hall–Kier alpha value is -2.10. The molecule has 0 spiro atoms. The van der Waals surface area contributed by atoms with Gasteiger partial charge in [-0.2, -0.15) is 0 Å². The first-order valence-corrected chi connectivity index (χ1v) is 9.47. The summed E-state index contributed by atoms with van der Waals surface area (Å²) in [5, 5.41) is 0. The molecular formula is C21H25FO5. The van der Waals surface area contributed by atoms with Gasteiger partial charge in [0, 0.05) is 19.6 Å². The van der Waals surface area contributed by atoms with E-state index in [1.807, 2.05) is 0 Å². The molecule has 2 aliphatic heterocycles. The van der Waals surface area contributed by atoms with Crippen molar-refractivity contribution in [2.75, 3.05) is 26.4 Å². The fraction of sp³-hybridized carbons (Fsp3) is 0.571. The van der Waals surface area contributed by atoms with Gasteiger partial charge in [-0.15, -0.1) is 0 Å². The van der Waals surface area contributed by atoms with Crippen LogP contribution in [0.3, 0.4) is 0 Å². The van der Waals surface area contributed by atoms with Crippen molar-refractivity contribution < 1.29 is 28.1 Å². The first-order chi connectivity index (χ1) is 13.2. The summed E-state index contributed by atoms with van der Waals surface area (Å²) in [6, 6.07) is 5.94. The fourth-order valence-corrected chi connectivity index (χ4v) is 3.09. The van der Waals surface area contributed by atoms with Crippen LogP contribution >= 0.6 is 0 Å². The van der Waals surface area contributed by atoms with Crippen LogP contribution in [0.4, 0.5) is 4.39 Å². The van der Waals surface area contributed by atoms with Crippen molar-refractivity contribution in [1.82, 2.24) is 0 Å². The Morgan fingerprint density at radius 1 is 1.15 bits per heavy atom. The van der Waals surface area contributed by atoms with E-state index in [0.29, 0.717) is 38.6 Å². The largest absolute Gasteiger partial charge is 0.491 e. The quantitative estimate of drug-likeness (QED) is 0.434. The van der Waals surface area contributed by atoms with Crippen molar-refractivity contribution in [3.05, 3.63) is 30.1 Å². The Morgan fingerprint density at radius 3 is 2.70 bits per heavy atom. The summed E-state index contributed by atoms with van der Waals surface area (Å²) in [6.45, 7) is 1.99. The zero-order valence-corrected chi connectivity index (χ0v) is 15.3. The van der Waals surface area contributed by atoms with Gasteiger partial charge < -0.3 is 18.9 Å². The number of carbonyl (C=O) groups excluding carboxylic acids is 1. The molecule has 0 bridgehead atoms. The summed E-state index contributed by atoms with van der Waals surface area (Å²) in [7, 11) is 0. The van der Waals surface area contributed by atoms with E-state index in [1.165, 1.54) is 12.1 Å².